The number of aliphatic hydroxyl groups excluding tert-OH is 2. The molecule has 1 aromatic carbocycles. The molecule has 1 saturated carbocycles. The van der Waals surface area contributed by atoms with Crippen molar-refractivity contribution in [1.29, 1.82) is 0 Å². The Morgan fingerprint density at radius 3 is 2.38 bits per heavy atom. The van der Waals surface area contributed by atoms with Gasteiger partial charge in [-0.1, -0.05) is 37.3 Å². The van der Waals surface area contributed by atoms with Crippen molar-refractivity contribution >= 4 is 5.57 Å². The SMILES string of the molecule is CCN[C@@H]1C[C@H](N)[C@@H](O[C@H]2OC(CN)=C(c3ccccc3)C[C@H]2N)[C@H](O)[C@H]1O[C@H]1OC[C@](C)(O)[C@H](NC)[C@H]1O. The maximum Gasteiger partial charge on any atom is 0.215 e. The predicted octanol–water partition coefficient (Wildman–Crippen LogP) is -1.67. The maximum atomic E-state index is 11.5. The van der Waals surface area contributed by atoms with Gasteiger partial charge < -0.3 is 62.1 Å². The summed E-state index contributed by atoms with van der Waals surface area (Å²) in [5.74, 6) is 0.578. The number of likely N-dealkylation sites (N-methyl/N-ethyl adjacent to an activating group) is 2. The van der Waals surface area contributed by atoms with Gasteiger partial charge >= 0.3 is 0 Å². The number of nitrogens with one attached hydrogen (secondary N) is 2. The molecule has 220 valence electrons. The zero-order chi connectivity index (χ0) is 28.3. The average molecular weight is 552 g/mol. The van der Waals surface area contributed by atoms with Crippen molar-refractivity contribution in [3.63, 3.8) is 0 Å². The first-order chi connectivity index (χ1) is 18.6. The summed E-state index contributed by atoms with van der Waals surface area (Å²) in [4.78, 5) is 0. The fraction of sp³-hybridized carbons (Fsp3) is 0.704. The number of nitrogens with two attached hydrogens (primary N) is 3. The summed E-state index contributed by atoms with van der Waals surface area (Å²) >= 11 is 0. The zero-order valence-electron chi connectivity index (χ0n) is 22.9. The monoisotopic (exact) mass is 551 g/mol. The third-order valence-corrected chi connectivity index (χ3v) is 7.90. The molecule has 3 aliphatic rings. The highest BCUT2D eigenvalue weighted by Gasteiger charge is 2.51. The van der Waals surface area contributed by atoms with Crippen molar-refractivity contribution in [1.82, 2.24) is 10.6 Å². The van der Waals surface area contributed by atoms with Gasteiger partial charge in [0.05, 0.1) is 25.2 Å². The van der Waals surface area contributed by atoms with Crippen LogP contribution in [0.4, 0.5) is 0 Å². The minimum Gasteiger partial charge on any atom is -0.466 e. The molecule has 2 aliphatic heterocycles. The molecule has 2 heterocycles. The van der Waals surface area contributed by atoms with Crippen LogP contribution in [0.5, 0.6) is 0 Å². The summed E-state index contributed by atoms with van der Waals surface area (Å²) in [6, 6.07) is 7.66. The molecule has 0 unspecified atom stereocenters. The molecule has 1 aliphatic carbocycles. The summed E-state index contributed by atoms with van der Waals surface area (Å²) < 4.78 is 24.3. The summed E-state index contributed by atoms with van der Waals surface area (Å²) in [6.07, 6.45) is -5.15. The molecule has 0 spiro atoms. The average Bonchev–Trinajstić information content (AvgIpc) is 2.91. The molecule has 39 heavy (non-hydrogen) atoms. The third-order valence-electron chi connectivity index (χ3n) is 7.90. The lowest BCUT2D eigenvalue weighted by Gasteiger charge is -2.49. The van der Waals surface area contributed by atoms with Crippen LogP contribution in [0, 0.1) is 0 Å². The molecule has 0 radical (unpaired) electrons. The van der Waals surface area contributed by atoms with E-state index >= 15 is 0 Å². The van der Waals surface area contributed by atoms with Gasteiger partial charge in [0.25, 0.3) is 0 Å². The van der Waals surface area contributed by atoms with Gasteiger partial charge in [-0.15, -0.1) is 0 Å². The van der Waals surface area contributed by atoms with Gasteiger partial charge in [-0.3, -0.25) is 0 Å². The first-order valence-corrected chi connectivity index (χ1v) is 13.7. The summed E-state index contributed by atoms with van der Waals surface area (Å²) in [5, 5.41) is 39.2. The van der Waals surface area contributed by atoms with Gasteiger partial charge in [-0.2, -0.15) is 0 Å². The van der Waals surface area contributed by atoms with Crippen LogP contribution in [0.25, 0.3) is 5.57 Å². The first-order valence-electron chi connectivity index (χ1n) is 13.7. The van der Waals surface area contributed by atoms with Crippen molar-refractivity contribution in [2.45, 2.75) is 93.5 Å². The second-order valence-corrected chi connectivity index (χ2v) is 10.9. The van der Waals surface area contributed by atoms with E-state index in [2.05, 4.69) is 10.6 Å². The molecular weight excluding hydrogens is 506 g/mol. The van der Waals surface area contributed by atoms with E-state index in [4.69, 9.17) is 36.1 Å². The lowest BCUT2D eigenvalue weighted by molar-refractivity contribution is -0.304. The Labute approximate surface area is 229 Å². The van der Waals surface area contributed by atoms with Crippen LogP contribution < -0.4 is 27.8 Å². The van der Waals surface area contributed by atoms with Crippen molar-refractivity contribution in [3.8, 4) is 0 Å². The Balaban J connectivity index is 1.51. The lowest BCUT2D eigenvalue weighted by atomic mass is 9.83. The Morgan fingerprint density at radius 2 is 1.74 bits per heavy atom. The quantitative estimate of drug-likeness (QED) is 0.174. The maximum absolute atomic E-state index is 11.5. The molecule has 0 aromatic heterocycles. The zero-order valence-corrected chi connectivity index (χ0v) is 22.9. The summed E-state index contributed by atoms with van der Waals surface area (Å²) in [5.41, 5.74) is 19.6. The number of ether oxygens (including phenoxy) is 4. The fourth-order valence-corrected chi connectivity index (χ4v) is 5.90. The predicted molar refractivity (Wildman–Crippen MR) is 145 cm³/mol. The minimum atomic E-state index is -1.30. The summed E-state index contributed by atoms with van der Waals surface area (Å²) in [6.45, 7) is 4.24. The third kappa shape index (κ3) is 6.47. The first kappa shape index (κ1) is 30.3. The molecule has 2 fully saturated rings. The molecular formula is C27H45N5O7. The van der Waals surface area contributed by atoms with Gasteiger partial charge in [0.15, 0.2) is 6.29 Å². The van der Waals surface area contributed by atoms with Gasteiger partial charge in [0, 0.05) is 17.7 Å². The second-order valence-electron chi connectivity index (χ2n) is 10.9. The Hall–Kier alpha value is -1.68. The number of hydrogen-bond acceptors (Lipinski definition) is 12. The van der Waals surface area contributed by atoms with E-state index < -0.39 is 60.7 Å². The van der Waals surface area contributed by atoms with Crippen LogP contribution >= 0.6 is 0 Å². The van der Waals surface area contributed by atoms with Crippen molar-refractivity contribution in [2.24, 2.45) is 17.2 Å². The molecule has 11 N–H and O–H groups in total. The molecule has 0 bridgehead atoms. The van der Waals surface area contributed by atoms with Crippen LogP contribution in [0.1, 0.15) is 32.3 Å². The highest BCUT2D eigenvalue weighted by molar-refractivity contribution is 5.69. The van der Waals surface area contributed by atoms with E-state index in [0.717, 1.165) is 11.1 Å². The highest BCUT2D eigenvalue weighted by Crippen LogP contribution is 2.35. The number of benzene rings is 1. The van der Waals surface area contributed by atoms with Crippen LogP contribution in [-0.2, 0) is 18.9 Å². The largest absolute Gasteiger partial charge is 0.466 e. The molecule has 1 saturated heterocycles. The molecule has 1 aromatic rings. The molecule has 12 nitrogen and oxygen atoms in total. The smallest absolute Gasteiger partial charge is 0.215 e. The van der Waals surface area contributed by atoms with E-state index in [1.807, 2.05) is 37.3 Å². The van der Waals surface area contributed by atoms with E-state index in [1.54, 1.807) is 14.0 Å². The molecule has 0 amide bonds. The van der Waals surface area contributed by atoms with E-state index in [-0.39, 0.29) is 19.2 Å². The lowest BCUT2D eigenvalue weighted by Crippen LogP contribution is -2.69. The highest BCUT2D eigenvalue weighted by atomic mass is 16.7. The molecule has 11 atom stereocenters. The second kappa shape index (κ2) is 12.9. The van der Waals surface area contributed by atoms with Crippen LogP contribution in [0.15, 0.2) is 36.1 Å². The standard InChI is InChI=1S/C27H45N5O7/c1-4-32-18-11-16(29)22(20(33)23(18)39-26-21(34)24(31-3)27(2,35)13-36-26)38-25-17(30)10-15(19(12-28)37-25)14-8-6-5-7-9-14/h5-9,16-18,20-26,31-35H,4,10-13,28-30H2,1-3H3/t16-,17+,18+,20-,21+,22+,23-,24+,25+,26+,27-/m0/s1. The van der Waals surface area contributed by atoms with Gasteiger partial charge in [-0.05, 0) is 38.9 Å². The van der Waals surface area contributed by atoms with E-state index in [0.29, 0.717) is 25.1 Å². The fourth-order valence-electron chi connectivity index (χ4n) is 5.90. The Kier molecular flexibility index (Phi) is 10.00. The normalized spacial score (nSPS) is 41.4. The van der Waals surface area contributed by atoms with Gasteiger partial charge in [0.1, 0.15) is 35.8 Å². The number of hydrogen-bond donors (Lipinski definition) is 8. The van der Waals surface area contributed by atoms with Crippen molar-refractivity contribution in [2.75, 3.05) is 26.7 Å². The molecule has 12 heteroatoms. The van der Waals surface area contributed by atoms with Crippen LogP contribution in [0.3, 0.4) is 0 Å². The van der Waals surface area contributed by atoms with E-state index in [1.165, 1.54) is 0 Å². The molecule has 4 rings (SSSR count). The minimum absolute atomic E-state index is 0.0585. The van der Waals surface area contributed by atoms with E-state index in [9.17, 15) is 15.3 Å². The van der Waals surface area contributed by atoms with Crippen LogP contribution in [0.2, 0.25) is 0 Å². The van der Waals surface area contributed by atoms with Gasteiger partial charge in [0.2, 0.25) is 6.29 Å². The Morgan fingerprint density at radius 1 is 1.05 bits per heavy atom. The number of rotatable bonds is 9. The Bertz CT molecular complexity index is 967. The van der Waals surface area contributed by atoms with Crippen LogP contribution in [-0.4, -0.2) is 109 Å². The van der Waals surface area contributed by atoms with Gasteiger partial charge in [-0.25, -0.2) is 0 Å². The summed E-state index contributed by atoms with van der Waals surface area (Å²) in [7, 11) is 1.64. The van der Waals surface area contributed by atoms with Crippen molar-refractivity contribution < 1.29 is 34.3 Å². The van der Waals surface area contributed by atoms with Crippen molar-refractivity contribution in [3.05, 3.63) is 41.7 Å². The number of aliphatic hydroxyl groups is 3. The topological polar surface area (TPSA) is 200 Å².